The predicted octanol–water partition coefficient (Wildman–Crippen LogP) is 4.09. The molecule has 0 atom stereocenters. The summed E-state index contributed by atoms with van der Waals surface area (Å²) in [6.45, 7) is 0. The van der Waals surface area contributed by atoms with Crippen LogP contribution >= 0.6 is 0 Å². The summed E-state index contributed by atoms with van der Waals surface area (Å²) in [5.74, 6) is 2.19. The monoisotopic (exact) mass is 299 g/mol. The van der Waals surface area contributed by atoms with Gasteiger partial charge in [0.1, 0.15) is 0 Å². The Bertz CT molecular complexity index is 619. The van der Waals surface area contributed by atoms with E-state index in [0.717, 1.165) is 35.5 Å². The first-order valence-electron chi connectivity index (χ1n) is 7.65. The summed E-state index contributed by atoms with van der Waals surface area (Å²) in [5.41, 5.74) is 2.09. The number of ether oxygens (including phenoxy) is 3. The van der Waals surface area contributed by atoms with Gasteiger partial charge in [0.25, 0.3) is 0 Å². The topological polar surface area (TPSA) is 40.6 Å². The van der Waals surface area contributed by atoms with Crippen molar-refractivity contribution in [1.29, 1.82) is 0 Å². The Hall–Kier alpha value is -2.23. The van der Waals surface area contributed by atoms with Crippen molar-refractivity contribution in [1.82, 2.24) is 4.98 Å². The first kappa shape index (κ1) is 14.7. The number of benzene rings is 1. The molecule has 0 bridgehead atoms. The molecule has 0 amide bonds. The van der Waals surface area contributed by atoms with Crippen LogP contribution in [0.3, 0.4) is 0 Å². The van der Waals surface area contributed by atoms with Crippen molar-refractivity contribution in [2.24, 2.45) is 0 Å². The summed E-state index contributed by atoms with van der Waals surface area (Å²) in [6, 6.07) is 9.85. The molecule has 1 aromatic carbocycles. The van der Waals surface area contributed by atoms with Crippen LogP contribution in [0.1, 0.15) is 25.7 Å². The van der Waals surface area contributed by atoms with Crippen LogP contribution in [-0.4, -0.2) is 25.3 Å². The minimum atomic E-state index is 0.304. The maximum absolute atomic E-state index is 6.13. The van der Waals surface area contributed by atoms with Crippen LogP contribution in [0.2, 0.25) is 0 Å². The molecule has 116 valence electrons. The second-order valence-corrected chi connectivity index (χ2v) is 5.48. The van der Waals surface area contributed by atoms with Crippen molar-refractivity contribution >= 4 is 0 Å². The van der Waals surface area contributed by atoms with E-state index < -0.39 is 0 Å². The molecule has 0 radical (unpaired) electrons. The van der Waals surface area contributed by atoms with Gasteiger partial charge in [-0.3, -0.25) is 0 Å². The highest BCUT2D eigenvalue weighted by Gasteiger charge is 2.18. The van der Waals surface area contributed by atoms with E-state index in [9.17, 15) is 0 Å². The van der Waals surface area contributed by atoms with Crippen molar-refractivity contribution in [3.05, 3.63) is 36.5 Å². The molecular formula is C18H21NO3. The van der Waals surface area contributed by atoms with Gasteiger partial charge in [-0.15, -0.1) is 0 Å². The molecule has 4 heteroatoms. The van der Waals surface area contributed by atoms with Crippen LogP contribution in [0.4, 0.5) is 0 Å². The quantitative estimate of drug-likeness (QED) is 0.834. The van der Waals surface area contributed by atoms with Crippen molar-refractivity contribution in [2.45, 2.75) is 31.8 Å². The van der Waals surface area contributed by atoms with E-state index in [4.69, 9.17) is 14.2 Å². The fourth-order valence-electron chi connectivity index (χ4n) is 2.81. The first-order chi connectivity index (χ1) is 10.8. The fourth-order valence-corrected chi connectivity index (χ4v) is 2.81. The molecule has 1 aliphatic rings. The Morgan fingerprint density at radius 3 is 2.32 bits per heavy atom. The molecule has 0 unspecified atom stereocenters. The lowest BCUT2D eigenvalue weighted by molar-refractivity contribution is 0.201. The van der Waals surface area contributed by atoms with Crippen LogP contribution in [0.15, 0.2) is 36.5 Å². The number of pyridine rings is 1. The molecule has 0 N–H and O–H groups in total. The van der Waals surface area contributed by atoms with Gasteiger partial charge in [0.05, 0.1) is 20.3 Å². The summed E-state index contributed by atoms with van der Waals surface area (Å²) in [4.78, 5) is 4.25. The van der Waals surface area contributed by atoms with E-state index in [1.807, 2.05) is 30.3 Å². The maximum Gasteiger partial charge on any atom is 0.212 e. The van der Waals surface area contributed by atoms with Gasteiger partial charge in [0.15, 0.2) is 11.5 Å². The number of nitrogens with zero attached hydrogens (tertiary/aromatic N) is 1. The van der Waals surface area contributed by atoms with Gasteiger partial charge in [-0.2, -0.15) is 0 Å². The molecule has 1 aliphatic carbocycles. The molecule has 1 aromatic heterocycles. The average Bonchev–Trinajstić information content (AvgIpc) is 3.08. The van der Waals surface area contributed by atoms with Gasteiger partial charge in [-0.05, 0) is 49.4 Å². The number of hydrogen-bond acceptors (Lipinski definition) is 4. The lowest BCUT2D eigenvalue weighted by Crippen LogP contribution is -2.11. The summed E-state index contributed by atoms with van der Waals surface area (Å²) >= 11 is 0. The lowest BCUT2D eigenvalue weighted by atomic mass is 10.1. The second-order valence-electron chi connectivity index (χ2n) is 5.48. The van der Waals surface area contributed by atoms with E-state index in [2.05, 4.69) is 4.98 Å². The van der Waals surface area contributed by atoms with Crippen LogP contribution < -0.4 is 14.2 Å². The van der Waals surface area contributed by atoms with Crippen molar-refractivity contribution < 1.29 is 14.2 Å². The van der Waals surface area contributed by atoms with Crippen LogP contribution in [0.5, 0.6) is 17.4 Å². The third-order valence-electron chi connectivity index (χ3n) is 4.04. The first-order valence-corrected chi connectivity index (χ1v) is 7.65. The summed E-state index contributed by atoms with van der Waals surface area (Å²) in [5, 5.41) is 0. The molecule has 1 saturated carbocycles. The second kappa shape index (κ2) is 6.69. The number of aromatic nitrogens is 1. The van der Waals surface area contributed by atoms with Crippen LogP contribution in [0, 0.1) is 0 Å². The molecule has 0 saturated heterocycles. The number of methoxy groups -OCH3 is 2. The van der Waals surface area contributed by atoms with Gasteiger partial charge < -0.3 is 14.2 Å². The molecule has 1 fully saturated rings. The van der Waals surface area contributed by atoms with Crippen molar-refractivity contribution in [3.63, 3.8) is 0 Å². The Morgan fingerprint density at radius 1 is 0.909 bits per heavy atom. The van der Waals surface area contributed by atoms with Crippen molar-refractivity contribution in [2.75, 3.05) is 14.2 Å². The van der Waals surface area contributed by atoms with Crippen LogP contribution in [-0.2, 0) is 0 Å². The Kier molecular flexibility index (Phi) is 4.47. The van der Waals surface area contributed by atoms with Crippen LogP contribution in [0.25, 0.3) is 11.1 Å². The fraction of sp³-hybridized carbons (Fsp3) is 0.389. The Morgan fingerprint density at radius 2 is 1.68 bits per heavy atom. The van der Waals surface area contributed by atoms with Gasteiger partial charge >= 0.3 is 0 Å². The molecule has 1 heterocycles. The van der Waals surface area contributed by atoms with Gasteiger partial charge in [0.2, 0.25) is 5.88 Å². The SMILES string of the molecule is COc1ccc(-c2ccc(OC)c(OC3CCCC3)c2)cn1. The summed E-state index contributed by atoms with van der Waals surface area (Å²) in [7, 11) is 3.29. The molecule has 3 rings (SSSR count). The molecule has 0 spiro atoms. The highest BCUT2D eigenvalue weighted by molar-refractivity contribution is 5.66. The normalized spacial score (nSPS) is 14.8. The molecule has 0 aliphatic heterocycles. The largest absolute Gasteiger partial charge is 0.493 e. The third kappa shape index (κ3) is 3.16. The lowest BCUT2D eigenvalue weighted by Gasteiger charge is -2.17. The minimum absolute atomic E-state index is 0.304. The van der Waals surface area contributed by atoms with E-state index in [-0.39, 0.29) is 0 Å². The predicted molar refractivity (Wildman–Crippen MR) is 85.7 cm³/mol. The summed E-state index contributed by atoms with van der Waals surface area (Å²) < 4.78 is 16.7. The number of rotatable bonds is 5. The molecule has 4 nitrogen and oxygen atoms in total. The van der Waals surface area contributed by atoms with Gasteiger partial charge in [0, 0.05) is 17.8 Å². The third-order valence-corrected chi connectivity index (χ3v) is 4.04. The van der Waals surface area contributed by atoms with E-state index in [0.29, 0.717) is 12.0 Å². The zero-order chi connectivity index (χ0) is 15.4. The molecule has 2 aromatic rings. The van der Waals surface area contributed by atoms with Gasteiger partial charge in [-0.1, -0.05) is 6.07 Å². The zero-order valence-corrected chi connectivity index (χ0v) is 13.0. The minimum Gasteiger partial charge on any atom is -0.493 e. The highest BCUT2D eigenvalue weighted by atomic mass is 16.5. The van der Waals surface area contributed by atoms with Crippen molar-refractivity contribution in [3.8, 4) is 28.5 Å². The average molecular weight is 299 g/mol. The van der Waals surface area contributed by atoms with E-state index in [1.54, 1.807) is 20.4 Å². The molecule has 22 heavy (non-hydrogen) atoms. The zero-order valence-electron chi connectivity index (χ0n) is 13.0. The maximum atomic E-state index is 6.13. The van der Waals surface area contributed by atoms with Gasteiger partial charge in [-0.25, -0.2) is 4.98 Å². The standard InChI is InChI=1S/C18H21NO3/c1-20-16-9-7-13(14-8-10-18(21-2)19-12-14)11-17(16)22-15-5-3-4-6-15/h7-12,15H,3-6H2,1-2H3. The molecular weight excluding hydrogens is 278 g/mol. The van der Waals surface area contributed by atoms with E-state index >= 15 is 0 Å². The Labute approximate surface area is 131 Å². The Balaban J connectivity index is 1.87. The smallest absolute Gasteiger partial charge is 0.212 e. The summed E-state index contributed by atoms with van der Waals surface area (Å²) in [6.07, 6.45) is 6.84. The highest BCUT2D eigenvalue weighted by Crippen LogP contribution is 2.35. The number of hydrogen-bond donors (Lipinski definition) is 0. The van der Waals surface area contributed by atoms with E-state index in [1.165, 1.54) is 12.8 Å².